The van der Waals surface area contributed by atoms with Crippen LogP contribution in [-0.4, -0.2) is 42.7 Å². The van der Waals surface area contributed by atoms with E-state index in [0.29, 0.717) is 18.8 Å². The molecule has 1 heterocycles. The normalized spacial score (nSPS) is 14.1. The van der Waals surface area contributed by atoms with E-state index in [1.165, 1.54) is 0 Å². The molecule has 6 heteroatoms. The maximum Gasteiger partial charge on any atom is 0.217 e. The zero-order chi connectivity index (χ0) is 26.9. The zero-order valence-electron chi connectivity index (χ0n) is 21.7. The van der Waals surface area contributed by atoms with Gasteiger partial charge >= 0.3 is 0 Å². The van der Waals surface area contributed by atoms with Gasteiger partial charge in [-0.1, -0.05) is 86.5 Å². The van der Waals surface area contributed by atoms with Crippen LogP contribution in [0.2, 0.25) is 0 Å². The number of ether oxygens (including phenoxy) is 1. The lowest BCUT2D eigenvalue weighted by Crippen LogP contribution is -2.37. The predicted octanol–water partition coefficient (Wildman–Crippen LogP) is 7.89. The molecule has 0 amide bonds. The van der Waals surface area contributed by atoms with Crippen LogP contribution in [0.4, 0.5) is 0 Å². The molecule has 2 unspecified atom stereocenters. The third kappa shape index (κ3) is 5.23. The zero-order valence-corrected chi connectivity index (χ0v) is 24.8. The molecule has 1 N–H and O–H groups in total. The van der Waals surface area contributed by atoms with Crippen LogP contribution in [0.3, 0.4) is 0 Å². The van der Waals surface area contributed by atoms with Gasteiger partial charge in [0.1, 0.15) is 5.60 Å². The summed E-state index contributed by atoms with van der Waals surface area (Å²) in [5.41, 5.74) is 2.29. The number of aromatic nitrogens is 1. The molecule has 2 atom stereocenters. The van der Waals surface area contributed by atoms with Crippen LogP contribution in [0.5, 0.6) is 5.88 Å². The van der Waals surface area contributed by atoms with Crippen LogP contribution in [0.25, 0.3) is 21.7 Å². The van der Waals surface area contributed by atoms with E-state index in [2.05, 4.69) is 85.3 Å². The van der Waals surface area contributed by atoms with Crippen LogP contribution in [0, 0.1) is 0 Å². The average Bonchev–Trinajstić information content (AvgIpc) is 2.92. The van der Waals surface area contributed by atoms with E-state index >= 15 is 0 Å². The maximum atomic E-state index is 12.9. The second kappa shape index (κ2) is 11.1. The van der Waals surface area contributed by atoms with Crippen molar-refractivity contribution < 1.29 is 9.84 Å². The van der Waals surface area contributed by atoms with E-state index in [9.17, 15) is 5.11 Å². The lowest BCUT2D eigenvalue weighted by Gasteiger charge is -2.39. The van der Waals surface area contributed by atoms with Crippen molar-refractivity contribution in [3.05, 3.63) is 117 Å². The number of benzene rings is 4. The molecule has 0 fully saturated rings. The molecule has 0 aliphatic heterocycles. The van der Waals surface area contributed by atoms with Crippen molar-refractivity contribution in [2.75, 3.05) is 27.7 Å². The quantitative estimate of drug-likeness (QED) is 0.189. The largest absolute Gasteiger partial charge is 0.481 e. The summed E-state index contributed by atoms with van der Waals surface area (Å²) in [5.74, 6) is 0.0829. The van der Waals surface area contributed by atoms with Crippen LogP contribution in [-0.2, 0) is 5.60 Å². The number of hydrogen-bond donors (Lipinski definition) is 1. The Bertz CT molecular complexity index is 1590. The van der Waals surface area contributed by atoms with Crippen molar-refractivity contribution in [2.24, 2.45) is 0 Å². The van der Waals surface area contributed by atoms with Gasteiger partial charge in [0.05, 0.1) is 12.6 Å². The number of aliphatic hydroxyl groups is 1. The summed E-state index contributed by atoms with van der Waals surface area (Å²) in [6, 6.07) is 30.7. The Hall–Kier alpha value is -2.77. The van der Waals surface area contributed by atoms with Crippen molar-refractivity contribution in [1.82, 2.24) is 9.88 Å². The first-order chi connectivity index (χ1) is 18.3. The topological polar surface area (TPSA) is 45.6 Å². The lowest BCUT2D eigenvalue weighted by atomic mass is 9.71. The van der Waals surface area contributed by atoms with Gasteiger partial charge in [-0.2, -0.15) is 0 Å². The SMILES string of the molecule is COc1nc2ccc(Br)cc2cc1C(c1ccccc1)C(O)(CCN(C)C)c1ccc2c(Br)cccc2c1. The van der Waals surface area contributed by atoms with Gasteiger partial charge in [-0.25, -0.2) is 4.98 Å². The Morgan fingerprint density at radius 3 is 2.42 bits per heavy atom. The van der Waals surface area contributed by atoms with Gasteiger partial charge in [0.2, 0.25) is 5.88 Å². The molecule has 0 spiro atoms. The molecular formula is C32H30Br2N2O2. The third-order valence-corrected chi connectivity index (χ3v) is 8.34. The first-order valence-corrected chi connectivity index (χ1v) is 14.1. The van der Waals surface area contributed by atoms with Gasteiger partial charge in [-0.15, -0.1) is 0 Å². The molecule has 0 saturated carbocycles. The van der Waals surface area contributed by atoms with E-state index in [1.54, 1.807) is 7.11 Å². The van der Waals surface area contributed by atoms with E-state index in [0.717, 1.165) is 47.3 Å². The van der Waals surface area contributed by atoms with E-state index in [1.807, 2.05) is 56.6 Å². The van der Waals surface area contributed by atoms with E-state index in [-0.39, 0.29) is 0 Å². The molecule has 0 bridgehead atoms. The summed E-state index contributed by atoms with van der Waals surface area (Å²) in [5, 5.41) is 16.1. The fraction of sp³-hybridized carbons (Fsp3) is 0.219. The third-order valence-electron chi connectivity index (χ3n) is 7.15. The van der Waals surface area contributed by atoms with Crippen molar-refractivity contribution in [3.8, 4) is 5.88 Å². The molecule has 0 aliphatic rings. The van der Waals surface area contributed by atoms with Crippen LogP contribution in [0.1, 0.15) is 29.0 Å². The Morgan fingerprint density at radius 2 is 1.68 bits per heavy atom. The molecule has 1 aromatic heterocycles. The van der Waals surface area contributed by atoms with Gasteiger partial charge in [-0.05, 0) is 78.8 Å². The van der Waals surface area contributed by atoms with Gasteiger partial charge in [0.25, 0.3) is 0 Å². The minimum atomic E-state index is -1.25. The summed E-state index contributed by atoms with van der Waals surface area (Å²) in [6.07, 6.45) is 0.513. The predicted molar refractivity (Wildman–Crippen MR) is 163 cm³/mol. The molecule has 0 saturated heterocycles. The monoisotopic (exact) mass is 632 g/mol. The summed E-state index contributed by atoms with van der Waals surface area (Å²) >= 11 is 7.28. The minimum absolute atomic E-state index is 0.431. The van der Waals surface area contributed by atoms with Gasteiger partial charge < -0.3 is 14.7 Å². The second-order valence-corrected chi connectivity index (χ2v) is 11.7. The molecule has 194 valence electrons. The Balaban J connectivity index is 1.80. The molecule has 0 aliphatic carbocycles. The van der Waals surface area contributed by atoms with Crippen molar-refractivity contribution in [2.45, 2.75) is 17.9 Å². The summed E-state index contributed by atoms with van der Waals surface area (Å²) in [4.78, 5) is 6.98. The number of halogens is 2. The summed E-state index contributed by atoms with van der Waals surface area (Å²) in [7, 11) is 5.71. The Kier molecular flexibility index (Phi) is 7.87. The Morgan fingerprint density at radius 1 is 0.895 bits per heavy atom. The summed E-state index contributed by atoms with van der Waals surface area (Å²) < 4.78 is 7.88. The first-order valence-electron chi connectivity index (χ1n) is 12.5. The van der Waals surface area contributed by atoms with Crippen LogP contribution < -0.4 is 4.74 Å². The number of fused-ring (bicyclic) bond motifs is 2. The highest BCUT2D eigenvalue weighted by Crippen LogP contribution is 2.48. The molecule has 0 radical (unpaired) electrons. The number of pyridine rings is 1. The molecule has 4 aromatic carbocycles. The van der Waals surface area contributed by atoms with Crippen molar-refractivity contribution in [3.63, 3.8) is 0 Å². The highest BCUT2D eigenvalue weighted by molar-refractivity contribution is 9.11. The van der Waals surface area contributed by atoms with Crippen molar-refractivity contribution >= 4 is 53.5 Å². The second-order valence-electron chi connectivity index (χ2n) is 9.92. The number of nitrogens with zero attached hydrogens (tertiary/aromatic N) is 2. The average molecular weight is 634 g/mol. The highest BCUT2D eigenvalue weighted by atomic mass is 79.9. The van der Waals surface area contributed by atoms with Crippen LogP contribution in [0.15, 0.2) is 99.9 Å². The standard InChI is InChI=1S/C32H30Br2N2O2/c1-36(2)17-16-32(37,24-12-14-26-22(18-24)10-7-11-28(26)34)30(21-8-5-4-6-9-21)27-20-23-19-25(33)13-15-29(23)35-31(27)38-3/h4-15,18-20,30,37H,16-17H2,1-3H3. The highest BCUT2D eigenvalue weighted by Gasteiger charge is 2.42. The van der Waals surface area contributed by atoms with E-state index < -0.39 is 11.5 Å². The molecule has 38 heavy (non-hydrogen) atoms. The lowest BCUT2D eigenvalue weighted by molar-refractivity contribution is 0.00392. The first kappa shape index (κ1) is 26.8. The maximum absolute atomic E-state index is 12.9. The van der Waals surface area contributed by atoms with Gasteiger partial charge in [0.15, 0.2) is 0 Å². The Labute approximate surface area is 240 Å². The number of rotatable bonds is 8. The van der Waals surface area contributed by atoms with Crippen LogP contribution >= 0.6 is 31.9 Å². The number of methoxy groups -OCH3 is 1. The fourth-order valence-electron chi connectivity index (χ4n) is 5.24. The van der Waals surface area contributed by atoms with E-state index in [4.69, 9.17) is 9.72 Å². The molecular weight excluding hydrogens is 604 g/mol. The summed E-state index contributed by atoms with van der Waals surface area (Å²) in [6.45, 7) is 0.700. The fourth-order valence-corrected chi connectivity index (χ4v) is 6.13. The molecule has 4 nitrogen and oxygen atoms in total. The van der Waals surface area contributed by atoms with Gasteiger partial charge in [-0.3, -0.25) is 0 Å². The molecule has 5 aromatic rings. The minimum Gasteiger partial charge on any atom is -0.481 e. The number of hydrogen-bond acceptors (Lipinski definition) is 4. The molecule has 5 rings (SSSR count). The van der Waals surface area contributed by atoms with Gasteiger partial charge in [0, 0.05) is 32.4 Å². The van der Waals surface area contributed by atoms with Crippen molar-refractivity contribution in [1.29, 1.82) is 0 Å². The smallest absolute Gasteiger partial charge is 0.217 e.